The number of hydrogen-bond donors (Lipinski definition) is 6. The van der Waals surface area contributed by atoms with Crippen molar-refractivity contribution in [3.8, 4) is 0 Å². The van der Waals surface area contributed by atoms with Crippen molar-refractivity contribution in [1.29, 1.82) is 0 Å². The van der Waals surface area contributed by atoms with Crippen LogP contribution in [-0.2, 0) is 27.9 Å². The first-order valence-corrected chi connectivity index (χ1v) is 31.0. The highest BCUT2D eigenvalue weighted by Gasteiger charge is 2.51. The van der Waals surface area contributed by atoms with Crippen molar-refractivity contribution in [2.45, 2.75) is 326 Å². The summed E-state index contributed by atoms with van der Waals surface area (Å²) in [6, 6.07) is 0. The summed E-state index contributed by atoms with van der Waals surface area (Å²) < 4.78 is 34.4. The molecule has 6 N–H and O–H groups in total. The van der Waals surface area contributed by atoms with Gasteiger partial charge in [-0.15, -0.1) is 0 Å². The summed E-state index contributed by atoms with van der Waals surface area (Å²) >= 11 is 0. The summed E-state index contributed by atoms with van der Waals surface area (Å²) in [5.74, 6) is -0.472. The normalized spacial score (nSPS) is 20.9. The van der Waals surface area contributed by atoms with Crippen molar-refractivity contribution >= 4 is 13.8 Å². The molecule has 12 nitrogen and oxygen atoms in total. The fourth-order valence-corrected chi connectivity index (χ4v) is 10.4. The van der Waals surface area contributed by atoms with Crippen LogP contribution in [0, 0.1) is 0 Å². The number of ether oxygens (including phenoxy) is 2. The first-order chi connectivity index (χ1) is 34.0. The molecule has 0 aromatic rings. The lowest BCUT2D eigenvalue weighted by atomic mass is 9.85. The fourth-order valence-electron chi connectivity index (χ4n) is 9.47. The molecule has 0 aromatic heterocycles. The van der Waals surface area contributed by atoms with Crippen LogP contribution < -0.4 is 0 Å². The van der Waals surface area contributed by atoms with Crippen molar-refractivity contribution < 1.29 is 58.3 Å². The molecule has 6 unspecified atom stereocenters. The first kappa shape index (κ1) is 67.1. The summed E-state index contributed by atoms with van der Waals surface area (Å²) in [6.45, 7) is 4.33. The second kappa shape index (κ2) is 47.8. The third-order valence-electron chi connectivity index (χ3n) is 14.1. The molecule has 1 saturated carbocycles. The van der Waals surface area contributed by atoms with Crippen molar-refractivity contribution in [3.05, 3.63) is 12.2 Å². The van der Waals surface area contributed by atoms with E-state index in [0.29, 0.717) is 13.0 Å². The molecule has 0 saturated heterocycles. The quantitative estimate of drug-likeness (QED) is 0.0146. The van der Waals surface area contributed by atoms with Crippen LogP contribution in [-0.4, -0.2) is 98.9 Å². The Hall–Kier alpha value is -0.920. The Kier molecular flexibility index (Phi) is 45.8. The Bertz CT molecular complexity index is 1210. The molecule has 1 fully saturated rings. The van der Waals surface area contributed by atoms with E-state index in [1.54, 1.807) is 0 Å². The molecule has 1 rings (SSSR count). The van der Waals surface area contributed by atoms with Crippen molar-refractivity contribution in [2.75, 3.05) is 19.8 Å². The highest BCUT2D eigenvalue weighted by molar-refractivity contribution is 7.47. The number of hydrogen-bond acceptors (Lipinski definition) is 11. The van der Waals surface area contributed by atoms with Gasteiger partial charge >= 0.3 is 13.8 Å². The molecule has 0 radical (unpaired) electrons. The summed E-state index contributed by atoms with van der Waals surface area (Å²) in [4.78, 5) is 23.3. The predicted molar refractivity (Wildman–Crippen MR) is 286 cm³/mol. The van der Waals surface area contributed by atoms with Gasteiger partial charge in [0.1, 0.15) is 42.7 Å². The summed E-state index contributed by atoms with van der Waals surface area (Å²) in [5.41, 5.74) is 0. The minimum Gasteiger partial charge on any atom is -0.457 e. The van der Waals surface area contributed by atoms with Gasteiger partial charge in [0.15, 0.2) is 0 Å². The van der Waals surface area contributed by atoms with Gasteiger partial charge in [-0.1, -0.05) is 251 Å². The van der Waals surface area contributed by atoms with E-state index in [1.165, 1.54) is 218 Å². The highest BCUT2D eigenvalue weighted by Crippen LogP contribution is 2.47. The van der Waals surface area contributed by atoms with Gasteiger partial charge in [0.25, 0.3) is 0 Å². The number of aliphatic hydroxyl groups is 5. The van der Waals surface area contributed by atoms with Crippen LogP contribution in [0.1, 0.15) is 284 Å². The van der Waals surface area contributed by atoms with Gasteiger partial charge in [0.2, 0.25) is 0 Å². The minimum atomic E-state index is -5.02. The number of aliphatic hydroxyl groups excluding tert-OH is 5. The minimum absolute atomic E-state index is 0.0705. The molecule has 0 heterocycles. The molecule has 0 aliphatic heterocycles. The molecular weight excluding hydrogens is 908 g/mol. The number of unbranched alkanes of at least 4 members (excludes halogenated alkanes) is 38. The average molecular weight is 1020 g/mol. The zero-order valence-electron chi connectivity index (χ0n) is 45.1. The molecule has 70 heavy (non-hydrogen) atoms. The van der Waals surface area contributed by atoms with E-state index in [1.807, 2.05) is 0 Å². The maximum absolute atomic E-state index is 12.9. The van der Waals surface area contributed by atoms with E-state index in [2.05, 4.69) is 26.0 Å². The lowest BCUT2D eigenvalue weighted by Gasteiger charge is -2.41. The van der Waals surface area contributed by atoms with Gasteiger partial charge in [-0.3, -0.25) is 13.8 Å². The van der Waals surface area contributed by atoms with E-state index in [0.717, 1.165) is 38.5 Å². The molecule has 1 aliphatic carbocycles. The van der Waals surface area contributed by atoms with E-state index >= 15 is 0 Å². The molecular formula is C57H111O12P. The standard InChI is InChI=1S/C57H111O12P/c1-3-5-7-9-11-13-15-17-19-21-23-25-27-29-31-33-35-37-39-41-43-45-47-66-48-50(49-67-70(64,65)69-57-55(62)53(60)52(59)54(61)56(57)63)68-51(58)46-44-42-40-38-36-34-32-30-28-26-24-22-20-18-16-14-12-10-8-6-4-2/h22,24,50,52-57,59-63H,3-21,23,25-49H2,1-2H3,(H,64,65)/b24-22-. The summed E-state index contributed by atoms with van der Waals surface area (Å²) in [6.07, 6.45) is 44.3. The van der Waals surface area contributed by atoms with Gasteiger partial charge < -0.3 is 39.9 Å². The maximum Gasteiger partial charge on any atom is 0.472 e. The topological polar surface area (TPSA) is 192 Å². The van der Waals surface area contributed by atoms with E-state index in [9.17, 15) is 39.8 Å². The van der Waals surface area contributed by atoms with Crippen LogP contribution in [0.5, 0.6) is 0 Å². The van der Waals surface area contributed by atoms with Crippen molar-refractivity contribution in [1.82, 2.24) is 0 Å². The van der Waals surface area contributed by atoms with Gasteiger partial charge in [0, 0.05) is 13.0 Å². The molecule has 1 aliphatic rings. The van der Waals surface area contributed by atoms with Crippen LogP contribution in [0.25, 0.3) is 0 Å². The van der Waals surface area contributed by atoms with Crippen LogP contribution in [0.2, 0.25) is 0 Å². The predicted octanol–water partition coefficient (Wildman–Crippen LogP) is 14.2. The number of phosphoric acid groups is 1. The third-order valence-corrected chi connectivity index (χ3v) is 15.1. The second-order valence-electron chi connectivity index (χ2n) is 20.9. The largest absolute Gasteiger partial charge is 0.472 e. The van der Waals surface area contributed by atoms with Crippen LogP contribution in [0.15, 0.2) is 12.2 Å². The molecule has 416 valence electrons. The molecule has 0 bridgehead atoms. The zero-order valence-corrected chi connectivity index (χ0v) is 46.0. The smallest absolute Gasteiger partial charge is 0.457 e. The van der Waals surface area contributed by atoms with Crippen LogP contribution >= 0.6 is 7.82 Å². The average Bonchev–Trinajstić information content (AvgIpc) is 3.35. The molecule has 6 atom stereocenters. The first-order valence-electron chi connectivity index (χ1n) is 29.5. The summed E-state index contributed by atoms with van der Waals surface area (Å²) in [5, 5.41) is 50.4. The molecule has 0 aromatic carbocycles. The lowest BCUT2D eigenvalue weighted by Crippen LogP contribution is -2.64. The van der Waals surface area contributed by atoms with Crippen LogP contribution in [0.4, 0.5) is 0 Å². The number of phosphoric ester groups is 1. The second-order valence-corrected chi connectivity index (χ2v) is 22.3. The third kappa shape index (κ3) is 38.6. The van der Waals surface area contributed by atoms with Crippen molar-refractivity contribution in [2.24, 2.45) is 0 Å². The van der Waals surface area contributed by atoms with Gasteiger partial charge in [-0.25, -0.2) is 4.57 Å². The van der Waals surface area contributed by atoms with Gasteiger partial charge in [-0.05, 0) is 38.5 Å². The zero-order chi connectivity index (χ0) is 51.2. The molecule has 13 heteroatoms. The Balaban J connectivity index is 2.26. The summed E-state index contributed by atoms with van der Waals surface area (Å²) in [7, 11) is -5.02. The Morgan fingerprint density at radius 2 is 0.757 bits per heavy atom. The van der Waals surface area contributed by atoms with Crippen LogP contribution in [0.3, 0.4) is 0 Å². The number of rotatable bonds is 52. The Morgan fingerprint density at radius 3 is 1.13 bits per heavy atom. The number of allylic oxidation sites excluding steroid dienone is 2. The molecule has 0 spiro atoms. The van der Waals surface area contributed by atoms with Crippen molar-refractivity contribution in [3.63, 3.8) is 0 Å². The Morgan fingerprint density at radius 1 is 0.443 bits per heavy atom. The molecule has 0 amide bonds. The fraction of sp³-hybridized carbons (Fsp3) is 0.947. The van der Waals surface area contributed by atoms with Gasteiger partial charge in [-0.2, -0.15) is 0 Å². The number of carbonyl (C=O) groups is 1. The van der Waals surface area contributed by atoms with E-state index in [-0.39, 0.29) is 13.0 Å². The highest BCUT2D eigenvalue weighted by atomic mass is 31.2. The van der Waals surface area contributed by atoms with E-state index in [4.69, 9.17) is 18.5 Å². The lowest BCUT2D eigenvalue weighted by molar-refractivity contribution is -0.220. The maximum atomic E-state index is 12.9. The SMILES string of the molecule is CCCCCCCCCC/C=C\CCCCCCCCCCCC(=O)OC(COCCCCCCCCCCCCCCCCCCCCCCCC)COP(=O)(O)OC1C(O)C(O)C(O)C(O)C1O. The monoisotopic (exact) mass is 1020 g/mol. The number of carbonyl (C=O) groups excluding carboxylic acids is 1. The van der Waals surface area contributed by atoms with E-state index < -0.39 is 63.1 Å². The number of esters is 1. The Labute approximate surface area is 428 Å². The van der Waals surface area contributed by atoms with Gasteiger partial charge in [0.05, 0.1) is 13.2 Å².